The molecule has 1 aromatic rings. The van der Waals surface area contributed by atoms with Gasteiger partial charge in [0.05, 0.1) is 11.5 Å². The van der Waals surface area contributed by atoms with Gasteiger partial charge in [-0.1, -0.05) is 11.3 Å². The van der Waals surface area contributed by atoms with Crippen LogP contribution in [0.4, 0.5) is 10.9 Å². The predicted octanol–water partition coefficient (Wildman–Crippen LogP) is 0.442. The van der Waals surface area contributed by atoms with Crippen molar-refractivity contribution < 1.29 is 13.2 Å². The fourth-order valence-corrected chi connectivity index (χ4v) is 4.44. The van der Waals surface area contributed by atoms with Crippen molar-refractivity contribution in [2.45, 2.75) is 13.8 Å². The number of nitrogens with two attached hydrogens (primary N) is 1. The summed E-state index contributed by atoms with van der Waals surface area (Å²) in [7, 11) is -3.00. The van der Waals surface area contributed by atoms with Crippen LogP contribution in [0, 0.1) is 0 Å². The van der Waals surface area contributed by atoms with Crippen LogP contribution in [0.15, 0.2) is 0 Å². The molecule has 0 saturated carbocycles. The van der Waals surface area contributed by atoms with E-state index in [0.29, 0.717) is 4.88 Å². The highest BCUT2D eigenvalue weighted by molar-refractivity contribution is 7.91. The summed E-state index contributed by atoms with van der Waals surface area (Å²) < 4.78 is 22.8. The summed E-state index contributed by atoms with van der Waals surface area (Å²) in [5.74, 6) is 0.0272. The third-order valence-electron chi connectivity index (χ3n) is 3.50. The second kappa shape index (κ2) is 6.18. The zero-order valence-corrected chi connectivity index (χ0v) is 13.8. The van der Waals surface area contributed by atoms with E-state index in [2.05, 4.69) is 4.98 Å². The summed E-state index contributed by atoms with van der Waals surface area (Å²) in [5, 5.41) is 0.727. The minimum Gasteiger partial charge on any atom is -0.382 e. The molecule has 1 fully saturated rings. The molecule has 1 aliphatic rings. The lowest BCUT2D eigenvalue weighted by Crippen LogP contribution is -2.43. The van der Waals surface area contributed by atoms with Crippen molar-refractivity contribution in [3.05, 3.63) is 4.88 Å². The van der Waals surface area contributed by atoms with Crippen molar-refractivity contribution in [3.8, 4) is 0 Å². The Morgan fingerprint density at radius 2 is 1.90 bits per heavy atom. The number of hydrogen-bond donors (Lipinski definition) is 1. The van der Waals surface area contributed by atoms with E-state index in [1.165, 1.54) is 16.2 Å². The molecule has 21 heavy (non-hydrogen) atoms. The van der Waals surface area contributed by atoms with Gasteiger partial charge in [0.2, 0.25) is 0 Å². The summed E-state index contributed by atoms with van der Waals surface area (Å²) in [6.45, 7) is 6.05. The highest BCUT2D eigenvalue weighted by Crippen LogP contribution is 2.29. The average Bonchev–Trinajstić information content (AvgIpc) is 2.81. The first-order valence-corrected chi connectivity index (χ1v) is 9.52. The lowest BCUT2D eigenvalue weighted by molar-refractivity contribution is 0.0776. The molecule has 0 bridgehead atoms. The van der Waals surface area contributed by atoms with Gasteiger partial charge in [0.1, 0.15) is 10.7 Å². The SMILES string of the molecule is CCN(CC)c1nc(N)c(C(=O)N2CCS(=O)(=O)CC2)s1. The molecule has 0 aliphatic carbocycles. The number of thiazole rings is 1. The van der Waals surface area contributed by atoms with E-state index in [0.717, 1.165) is 18.2 Å². The second-order valence-corrected chi connectivity index (χ2v) is 8.11. The second-order valence-electron chi connectivity index (χ2n) is 4.83. The maximum Gasteiger partial charge on any atom is 0.267 e. The van der Waals surface area contributed by atoms with Gasteiger partial charge in [-0.15, -0.1) is 0 Å². The van der Waals surface area contributed by atoms with Crippen molar-refractivity contribution in [1.82, 2.24) is 9.88 Å². The predicted molar refractivity (Wildman–Crippen MR) is 84.6 cm³/mol. The zero-order chi connectivity index (χ0) is 15.6. The van der Waals surface area contributed by atoms with Gasteiger partial charge in [-0.05, 0) is 13.8 Å². The van der Waals surface area contributed by atoms with Gasteiger partial charge in [0.25, 0.3) is 5.91 Å². The van der Waals surface area contributed by atoms with Crippen LogP contribution in [-0.4, -0.2) is 61.9 Å². The van der Waals surface area contributed by atoms with E-state index in [1.807, 2.05) is 18.7 Å². The maximum atomic E-state index is 12.4. The smallest absolute Gasteiger partial charge is 0.267 e. The van der Waals surface area contributed by atoms with Crippen LogP contribution in [0.1, 0.15) is 23.5 Å². The first-order valence-electron chi connectivity index (χ1n) is 6.89. The van der Waals surface area contributed by atoms with E-state index in [-0.39, 0.29) is 36.3 Å². The number of nitrogens with zero attached hydrogens (tertiary/aromatic N) is 3. The summed E-state index contributed by atoms with van der Waals surface area (Å²) in [6.07, 6.45) is 0. The Morgan fingerprint density at radius 1 is 1.33 bits per heavy atom. The number of hydrogen-bond acceptors (Lipinski definition) is 7. The minimum atomic E-state index is -3.00. The molecule has 0 unspecified atom stereocenters. The highest BCUT2D eigenvalue weighted by Gasteiger charge is 2.28. The molecule has 0 atom stereocenters. The van der Waals surface area contributed by atoms with Gasteiger partial charge in [0.15, 0.2) is 15.0 Å². The Bertz CT molecular complexity index is 608. The summed E-state index contributed by atoms with van der Waals surface area (Å²) >= 11 is 1.27. The standard InChI is InChI=1S/C12H20N4O3S2/c1-3-15(4-2)12-14-10(13)9(20-12)11(17)16-5-7-21(18,19)8-6-16/h3-8,13H2,1-2H3. The molecule has 2 N–H and O–H groups in total. The maximum absolute atomic E-state index is 12.4. The summed E-state index contributed by atoms with van der Waals surface area (Å²) in [5.41, 5.74) is 5.86. The number of rotatable bonds is 4. The van der Waals surface area contributed by atoms with E-state index in [4.69, 9.17) is 5.73 Å². The zero-order valence-electron chi connectivity index (χ0n) is 12.2. The molecule has 7 nitrogen and oxygen atoms in total. The number of sulfone groups is 1. The third kappa shape index (κ3) is 3.46. The van der Waals surface area contributed by atoms with Crippen LogP contribution in [0.5, 0.6) is 0 Å². The molecule has 1 aliphatic heterocycles. The Morgan fingerprint density at radius 3 is 2.43 bits per heavy atom. The molecule has 0 aromatic carbocycles. The number of nitrogen functional groups attached to an aromatic ring is 1. The van der Waals surface area contributed by atoms with Crippen LogP contribution >= 0.6 is 11.3 Å². The molecule has 1 amide bonds. The van der Waals surface area contributed by atoms with Crippen molar-refractivity contribution >= 4 is 38.0 Å². The molecular weight excluding hydrogens is 312 g/mol. The van der Waals surface area contributed by atoms with Crippen LogP contribution in [-0.2, 0) is 9.84 Å². The molecule has 2 heterocycles. The lowest BCUT2D eigenvalue weighted by Gasteiger charge is -2.26. The topological polar surface area (TPSA) is 96.6 Å². The first-order chi connectivity index (χ1) is 9.88. The van der Waals surface area contributed by atoms with Crippen LogP contribution in [0.2, 0.25) is 0 Å². The molecule has 2 rings (SSSR count). The number of carbonyl (C=O) groups is 1. The van der Waals surface area contributed by atoms with Crippen molar-refractivity contribution in [1.29, 1.82) is 0 Å². The number of aromatic nitrogens is 1. The fourth-order valence-electron chi connectivity index (χ4n) is 2.16. The van der Waals surface area contributed by atoms with Crippen molar-refractivity contribution in [2.75, 3.05) is 48.3 Å². The van der Waals surface area contributed by atoms with Gasteiger partial charge in [-0.3, -0.25) is 4.79 Å². The molecule has 1 aromatic heterocycles. The number of anilines is 2. The van der Waals surface area contributed by atoms with E-state index in [1.54, 1.807) is 0 Å². The highest BCUT2D eigenvalue weighted by atomic mass is 32.2. The average molecular weight is 332 g/mol. The van der Waals surface area contributed by atoms with Gasteiger partial charge in [0, 0.05) is 26.2 Å². The van der Waals surface area contributed by atoms with E-state index >= 15 is 0 Å². The van der Waals surface area contributed by atoms with E-state index in [9.17, 15) is 13.2 Å². The Labute approximate surface area is 128 Å². The first kappa shape index (κ1) is 16.0. The number of carbonyl (C=O) groups excluding carboxylic acids is 1. The Hall–Kier alpha value is -1.35. The molecule has 9 heteroatoms. The normalized spacial score (nSPS) is 17.7. The number of amides is 1. The summed E-state index contributed by atoms with van der Waals surface area (Å²) in [4.78, 5) is 20.7. The van der Waals surface area contributed by atoms with Gasteiger partial charge < -0.3 is 15.5 Å². The third-order valence-corrected chi connectivity index (χ3v) is 6.23. The van der Waals surface area contributed by atoms with Crippen molar-refractivity contribution in [2.24, 2.45) is 0 Å². The Kier molecular flexibility index (Phi) is 4.72. The van der Waals surface area contributed by atoms with Crippen LogP contribution in [0.25, 0.3) is 0 Å². The molecule has 118 valence electrons. The van der Waals surface area contributed by atoms with Crippen molar-refractivity contribution in [3.63, 3.8) is 0 Å². The van der Waals surface area contributed by atoms with Crippen LogP contribution < -0.4 is 10.6 Å². The molecule has 1 saturated heterocycles. The lowest BCUT2D eigenvalue weighted by atomic mass is 10.4. The Balaban J connectivity index is 2.16. The molecular formula is C12H20N4O3S2. The van der Waals surface area contributed by atoms with Gasteiger partial charge >= 0.3 is 0 Å². The summed E-state index contributed by atoms with van der Waals surface area (Å²) in [6, 6.07) is 0. The van der Waals surface area contributed by atoms with Gasteiger partial charge in [-0.2, -0.15) is 0 Å². The van der Waals surface area contributed by atoms with Crippen LogP contribution in [0.3, 0.4) is 0 Å². The largest absolute Gasteiger partial charge is 0.382 e. The van der Waals surface area contributed by atoms with E-state index < -0.39 is 9.84 Å². The quantitative estimate of drug-likeness (QED) is 0.859. The molecule has 0 radical (unpaired) electrons. The monoisotopic (exact) mass is 332 g/mol. The minimum absolute atomic E-state index is 0.0142. The molecule has 0 spiro atoms. The van der Waals surface area contributed by atoms with Gasteiger partial charge in [-0.25, -0.2) is 13.4 Å². The fraction of sp³-hybridized carbons (Fsp3) is 0.667.